The highest BCUT2D eigenvalue weighted by Crippen LogP contribution is 2.33. The van der Waals surface area contributed by atoms with Crippen LogP contribution in [0.2, 0.25) is 0 Å². The summed E-state index contributed by atoms with van der Waals surface area (Å²) in [4.78, 5) is 12.4. The van der Waals surface area contributed by atoms with Crippen LogP contribution < -0.4 is 0 Å². The van der Waals surface area contributed by atoms with Gasteiger partial charge in [-0.25, -0.2) is 0 Å². The zero-order chi connectivity index (χ0) is 11.4. The molecule has 0 aromatic heterocycles. The first-order valence-corrected chi connectivity index (χ1v) is 7.74. The Morgan fingerprint density at radius 1 is 1.53 bits per heavy atom. The van der Waals surface area contributed by atoms with E-state index in [0.29, 0.717) is 0 Å². The lowest BCUT2D eigenvalue weighted by molar-refractivity contribution is -0.116. The molecule has 1 aromatic carbocycles. The van der Waals surface area contributed by atoms with Crippen LogP contribution in [-0.2, 0) is 10.1 Å². The molecule has 15 heavy (non-hydrogen) atoms. The van der Waals surface area contributed by atoms with Crippen molar-refractivity contribution in [1.29, 1.82) is 0 Å². The molecule has 0 bridgehead atoms. The molecule has 4 heteroatoms. The van der Waals surface area contributed by atoms with Gasteiger partial charge in [0.05, 0.1) is 4.83 Å². The number of halogens is 2. The number of thioether (sulfide) groups is 1. The second-order valence-corrected chi connectivity index (χ2v) is 5.46. The van der Waals surface area contributed by atoms with Gasteiger partial charge in [0, 0.05) is 10.2 Å². The number of rotatable bonds is 4. The number of alkyl halides is 2. The minimum absolute atomic E-state index is 0.135. The molecule has 0 saturated carbocycles. The first kappa shape index (κ1) is 13.3. The van der Waals surface area contributed by atoms with E-state index in [1.54, 1.807) is 18.7 Å². The predicted molar refractivity (Wildman–Crippen MR) is 73.2 cm³/mol. The third kappa shape index (κ3) is 3.08. The van der Waals surface area contributed by atoms with Crippen LogP contribution in [0.1, 0.15) is 22.9 Å². The molecule has 0 aliphatic rings. The summed E-state index contributed by atoms with van der Waals surface area (Å²) in [6.45, 7) is 1.60. The van der Waals surface area contributed by atoms with Crippen LogP contribution in [-0.4, -0.2) is 12.0 Å². The molecule has 1 unspecified atom stereocenters. The van der Waals surface area contributed by atoms with Crippen LogP contribution in [0.3, 0.4) is 0 Å². The van der Waals surface area contributed by atoms with Crippen LogP contribution in [0, 0.1) is 0 Å². The Morgan fingerprint density at radius 3 is 2.67 bits per heavy atom. The summed E-state index contributed by atoms with van der Waals surface area (Å²) in [6.07, 6.45) is 2.04. The molecular formula is C11H12Br2OS. The normalized spacial score (nSPS) is 12.5. The molecule has 0 radical (unpaired) electrons. The van der Waals surface area contributed by atoms with Crippen LogP contribution in [0.5, 0.6) is 0 Å². The molecule has 1 rings (SSSR count). The van der Waals surface area contributed by atoms with E-state index in [4.69, 9.17) is 0 Å². The van der Waals surface area contributed by atoms with Gasteiger partial charge in [-0.05, 0) is 30.4 Å². The molecular weight excluding hydrogens is 340 g/mol. The zero-order valence-corrected chi connectivity index (χ0v) is 12.6. The lowest BCUT2D eigenvalue weighted by Crippen LogP contribution is -2.04. The molecule has 0 spiro atoms. The third-order valence-corrected chi connectivity index (χ3v) is 4.67. The number of Topliss-reactive ketones (excluding diaryl/α,β-unsaturated/α-hetero) is 1. The second kappa shape index (κ2) is 6.06. The Balaban J connectivity index is 3.22. The Morgan fingerprint density at radius 2 is 2.20 bits per heavy atom. The van der Waals surface area contributed by atoms with Crippen LogP contribution >= 0.6 is 43.6 Å². The van der Waals surface area contributed by atoms with Crippen molar-refractivity contribution < 1.29 is 4.79 Å². The summed E-state index contributed by atoms with van der Waals surface area (Å²) in [5.41, 5.74) is 2.26. The van der Waals surface area contributed by atoms with Crippen LogP contribution in [0.15, 0.2) is 23.1 Å². The topological polar surface area (TPSA) is 17.1 Å². The fourth-order valence-corrected chi connectivity index (χ4v) is 3.26. The van der Waals surface area contributed by atoms with E-state index in [9.17, 15) is 4.79 Å². The largest absolute Gasteiger partial charge is 0.298 e. The SMILES string of the molecule is CSc1cccc(C(Br)C(C)=O)c1CBr. The van der Waals surface area contributed by atoms with Gasteiger partial charge in [-0.3, -0.25) is 4.79 Å². The molecule has 0 fully saturated rings. The van der Waals surface area contributed by atoms with E-state index in [0.717, 1.165) is 10.9 Å². The number of carbonyl (C=O) groups excluding carboxylic acids is 1. The summed E-state index contributed by atoms with van der Waals surface area (Å²) in [6, 6.07) is 6.06. The minimum Gasteiger partial charge on any atom is -0.298 e. The van der Waals surface area contributed by atoms with Crippen molar-refractivity contribution in [3.8, 4) is 0 Å². The van der Waals surface area contributed by atoms with Gasteiger partial charge in [-0.1, -0.05) is 44.0 Å². The van der Waals surface area contributed by atoms with E-state index in [-0.39, 0.29) is 10.6 Å². The smallest absolute Gasteiger partial charge is 0.147 e. The molecule has 0 aliphatic heterocycles. The van der Waals surface area contributed by atoms with Gasteiger partial charge in [-0.2, -0.15) is 0 Å². The lowest BCUT2D eigenvalue weighted by Gasteiger charge is -2.14. The van der Waals surface area contributed by atoms with E-state index in [2.05, 4.69) is 37.9 Å². The Labute approximate surface area is 111 Å². The van der Waals surface area contributed by atoms with Crippen molar-refractivity contribution >= 4 is 49.4 Å². The first-order valence-electron chi connectivity index (χ1n) is 4.48. The maximum atomic E-state index is 11.3. The summed E-state index contributed by atoms with van der Waals surface area (Å²) in [5, 5.41) is 0.773. The number of ketones is 1. The molecule has 1 atom stereocenters. The molecule has 1 nitrogen and oxygen atoms in total. The zero-order valence-electron chi connectivity index (χ0n) is 8.59. The van der Waals surface area contributed by atoms with Gasteiger partial charge in [0.2, 0.25) is 0 Å². The molecule has 0 aliphatic carbocycles. The van der Waals surface area contributed by atoms with Crippen molar-refractivity contribution in [3.63, 3.8) is 0 Å². The standard InChI is InChI=1S/C11H12Br2OS/c1-7(14)11(13)8-4-3-5-10(15-2)9(8)6-12/h3-5,11H,6H2,1-2H3. The van der Waals surface area contributed by atoms with E-state index < -0.39 is 0 Å². The average molecular weight is 352 g/mol. The Hall–Kier alpha value is 0.200. The van der Waals surface area contributed by atoms with Crippen molar-refractivity contribution in [3.05, 3.63) is 29.3 Å². The lowest BCUT2D eigenvalue weighted by atomic mass is 10.0. The maximum Gasteiger partial charge on any atom is 0.147 e. The van der Waals surface area contributed by atoms with Gasteiger partial charge >= 0.3 is 0 Å². The van der Waals surface area contributed by atoms with Gasteiger partial charge in [0.1, 0.15) is 5.78 Å². The van der Waals surface area contributed by atoms with Crippen LogP contribution in [0.25, 0.3) is 0 Å². The highest BCUT2D eigenvalue weighted by atomic mass is 79.9. The Kier molecular flexibility index (Phi) is 5.36. The van der Waals surface area contributed by atoms with Gasteiger partial charge < -0.3 is 0 Å². The van der Waals surface area contributed by atoms with Crippen molar-refractivity contribution in [2.45, 2.75) is 22.0 Å². The second-order valence-electron chi connectivity index (χ2n) is 3.13. The van der Waals surface area contributed by atoms with Crippen LogP contribution in [0.4, 0.5) is 0 Å². The molecule has 0 heterocycles. The molecule has 0 saturated heterocycles. The summed E-state index contributed by atoms with van der Waals surface area (Å²) in [7, 11) is 0. The third-order valence-electron chi connectivity index (χ3n) is 2.15. The molecule has 82 valence electrons. The van der Waals surface area contributed by atoms with E-state index in [1.807, 2.05) is 18.4 Å². The predicted octanol–water partition coefficient (Wildman–Crippen LogP) is 4.33. The minimum atomic E-state index is -0.197. The first-order chi connectivity index (χ1) is 7.11. The maximum absolute atomic E-state index is 11.3. The quantitative estimate of drug-likeness (QED) is 0.593. The average Bonchev–Trinajstić information content (AvgIpc) is 2.26. The fraction of sp³-hybridized carbons (Fsp3) is 0.364. The summed E-state index contributed by atoms with van der Waals surface area (Å²) in [5.74, 6) is 0.135. The Bertz CT molecular complexity index is 366. The number of hydrogen-bond donors (Lipinski definition) is 0. The molecule has 0 N–H and O–H groups in total. The van der Waals surface area contributed by atoms with Crippen molar-refractivity contribution in [2.24, 2.45) is 0 Å². The van der Waals surface area contributed by atoms with E-state index in [1.165, 1.54) is 10.5 Å². The summed E-state index contributed by atoms with van der Waals surface area (Å²) < 4.78 is 0. The number of benzene rings is 1. The van der Waals surface area contributed by atoms with Crippen molar-refractivity contribution in [2.75, 3.05) is 6.26 Å². The number of carbonyl (C=O) groups is 1. The van der Waals surface area contributed by atoms with Gasteiger partial charge in [-0.15, -0.1) is 11.8 Å². The summed E-state index contributed by atoms with van der Waals surface area (Å²) >= 11 is 8.60. The van der Waals surface area contributed by atoms with Gasteiger partial charge in [0.15, 0.2) is 0 Å². The molecule has 1 aromatic rings. The van der Waals surface area contributed by atoms with E-state index >= 15 is 0 Å². The fourth-order valence-electron chi connectivity index (χ4n) is 1.37. The highest BCUT2D eigenvalue weighted by molar-refractivity contribution is 9.09. The highest BCUT2D eigenvalue weighted by Gasteiger charge is 2.17. The van der Waals surface area contributed by atoms with Gasteiger partial charge in [0.25, 0.3) is 0 Å². The van der Waals surface area contributed by atoms with Crippen molar-refractivity contribution in [1.82, 2.24) is 0 Å². The number of hydrogen-bond acceptors (Lipinski definition) is 2. The molecule has 0 amide bonds. The monoisotopic (exact) mass is 350 g/mol.